The van der Waals surface area contributed by atoms with Crippen molar-refractivity contribution in [2.75, 3.05) is 7.11 Å². The minimum absolute atomic E-state index is 0.348. The normalized spacial score (nSPS) is 32.4. The van der Waals surface area contributed by atoms with Crippen LogP contribution in [0.4, 0.5) is 0 Å². The highest BCUT2D eigenvalue weighted by Gasteiger charge is 2.48. The molecule has 0 aliphatic heterocycles. The van der Waals surface area contributed by atoms with Crippen LogP contribution in [0.15, 0.2) is 0 Å². The van der Waals surface area contributed by atoms with Crippen LogP contribution in [0.3, 0.4) is 0 Å². The number of hydrogen-bond acceptors (Lipinski definition) is 2. The van der Waals surface area contributed by atoms with Crippen LogP contribution in [0.25, 0.3) is 0 Å². The number of ether oxygens (including phenoxy) is 1. The number of methoxy groups -OCH3 is 1. The van der Waals surface area contributed by atoms with Crippen LogP contribution in [-0.2, 0) is 9.53 Å². The van der Waals surface area contributed by atoms with Crippen molar-refractivity contribution in [1.29, 1.82) is 0 Å². The van der Waals surface area contributed by atoms with Crippen molar-refractivity contribution in [2.45, 2.75) is 77.7 Å². The summed E-state index contributed by atoms with van der Waals surface area (Å²) < 4.78 is 5.77. The van der Waals surface area contributed by atoms with Gasteiger partial charge in [-0.3, -0.25) is 4.79 Å². The number of Topliss-reactive ketones (excluding diaryl/α,β-unsaturated/α-hetero) is 1. The number of rotatable bonds is 7. The fraction of sp³-hybridized carbons (Fsp3) is 0.938. The Balaban J connectivity index is 2.64. The summed E-state index contributed by atoms with van der Waals surface area (Å²) in [5.41, 5.74) is -0.496. The molecule has 0 aromatic heterocycles. The highest BCUT2D eigenvalue weighted by Crippen LogP contribution is 2.42. The summed E-state index contributed by atoms with van der Waals surface area (Å²) in [4.78, 5) is 12.6. The molecule has 0 spiro atoms. The molecular formula is C16H30O2. The van der Waals surface area contributed by atoms with Crippen molar-refractivity contribution in [2.24, 2.45) is 11.8 Å². The highest BCUT2D eigenvalue weighted by atomic mass is 16.5. The van der Waals surface area contributed by atoms with Crippen molar-refractivity contribution >= 4 is 5.78 Å². The predicted molar refractivity (Wildman–Crippen MR) is 75.7 cm³/mol. The quantitative estimate of drug-likeness (QED) is 0.631. The Morgan fingerprint density at radius 3 is 2.28 bits per heavy atom. The van der Waals surface area contributed by atoms with Crippen molar-refractivity contribution < 1.29 is 9.53 Å². The number of carbonyl (C=O) groups excluding carboxylic acids is 1. The van der Waals surface area contributed by atoms with Gasteiger partial charge in [0.1, 0.15) is 5.60 Å². The van der Waals surface area contributed by atoms with E-state index in [9.17, 15) is 4.79 Å². The summed E-state index contributed by atoms with van der Waals surface area (Å²) in [6.45, 7) is 6.57. The van der Waals surface area contributed by atoms with Crippen molar-refractivity contribution in [3.63, 3.8) is 0 Å². The molecule has 18 heavy (non-hydrogen) atoms. The van der Waals surface area contributed by atoms with Crippen LogP contribution in [0, 0.1) is 11.8 Å². The molecule has 0 aromatic rings. The fourth-order valence-corrected chi connectivity index (χ4v) is 3.62. The maximum absolute atomic E-state index is 12.6. The zero-order valence-corrected chi connectivity index (χ0v) is 12.6. The highest BCUT2D eigenvalue weighted by molar-refractivity contribution is 5.88. The molecule has 1 rings (SSSR count). The molecule has 1 aliphatic rings. The molecule has 2 heteroatoms. The molecule has 0 aromatic carbocycles. The van der Waals surface area contributed by atoms with Gasteiger partial charge in [0.15, 0.2) is 5.78 Å². The Morgan fingerprint density at radius 1 is 1.17 bits per heavy atom. The van der Waals surface area contributed by atoms with E-state index in [4.69, 9.17) is 4.74 Å². The van der Waals surface area contributed by atoms with Gasteiger partial charge in [0.2, 0.25) is 0 Å². The smallest absolute Gasteiger partial charge is 0.165 e. The molecule has 2 unspecified atom stereocenters. The van der Waals surface area contributed by atoms with Crippen molar-refractivity contribution in [1.82, 2.24) is 0 Å². The van der Waals surface area contributed by atoms with Crippen LogP contribution >= 0.6 is 0 Å². The maximum Gasteiger partial charge on any atom is 0.165 e. The molecule has 0 saturated heterocycles. The second-order valence-corrected chi connectivity index (χ2v) is 5.96. The van der Waals surface area contributed by atoms with E-state index in [1.807, 2.05) is 0 Å². The second kappa shape index (κ2) is 7.28. The van der Waals surface area contributed by atoms with Gasteiger partial charge in [-0.05, 0) is 31.1 Å². The third-order valence-electron chi connectivity index (χ3n) is 4.77. The zero-order valence-electron chi connectivity index (χ0n) is 12.6. The summed E-state index contributed by atoms with van der Waals surface area (Å²) in [7, 11) is 1.72. The van der Waals surface area contributed by atoms with E-state index in [1.165, 1.54) is 25.7 Å². The van der Waals surface area contributed by atoms with E-state index in [-0.39, 0.29) is 0 Å². The SMILES string of the molecule is CCCCCCC(=O)C1(OC)C(C)CCCC1C. The molecule has 0 amide bonds. The number of ketones is 1. The molecule has 2 nitrogen and oxygen atoms in total. The molecule has 1 fully saturated rings. The molecule has 0 heterocycles. The van der Waals surface area contributed by atoms with Gasteiger partial charge in [-0.25, -0.2) is 0 Å². The minimum atomic E-state index is -0.496. The number of hydrogen-bond donors (Lipinski definition) is 0. The molecule has 2 atom stereocenters. The lowest BCUT2D eigenvalue weighted by molar-refractivity contribution is -0.162. The van der Waals surface area contributed by atoms with Crippen LogP contribution in [0.5, 0.6) is 0 Å². The first-order chi connectivity index (χ1) is 8.59. The Morgan fingerprint density at radius 2 is 1.78 bits per heavy atom. The monoisotopic (exact) mass is 254 g/mol. The van der Waals surface area contributed by atoms with Crippen molar-refractivity contribution in [3.05, 3.63) is 0 Å². The van der Waals surface area contributed by atoms with E-state index in [1.54, 1.807) is 7.11 Å². The Hall–Kier alpha value is -0.370. The Kier molecular flexibility index (Phi) is 6.34. The topological polar surface area (TPSA) is 26.3 Å². The van der Waals surface area contributed by atoms with Crippen LogP contribution < -0.4 is 0 Å². The predicted octanol–water partition coefficient (Wildman–Crippen LogP) is 4.37. The van der Waals surface area contributed by atoms with Gasteiger partial charge in [0, 0.05) is 13.5 Å². The fourth-order valence-electron chi connectivity index (χ4n) is 3.62. The number of carbonyl (C=O) groups is 1. The van der Waals surface area contributed by atoms with Gasteiger partial charge in [0.25, 0.3) is 0 Å². The molecular weight excluding hydrogens is 224 g/mol. The van der Waals surface area contributed by atoms with Crippen LogP contribution in [0.1, 0.15) is 72.1 Å². The van der Waals surface area contributed by atoms with Gasteiger partial charge in [-0.2, -0.15) is 0 Å². The molecule has 0 N–H and O–H groups in total. The van der Waals surface area contributed by atoms with Gasteiger partial charge < -0.3 is 4.74 Å². The summed E-state index contributed by atoms with van der Waals surface area (Å²) in [6, 6.07) is 0. The number of unbranched alkanes of at least 4 members (excludes halogenated alkanes) is 3. The average Bonchev–Trinajstić information content (AvgIpc) is 2.35. The Labute approximate surface area is 112 Å². The molecule has 0 bridgehead atoms. The third kappa shape index (κ3) is 3.14. The summed E-state index contributed by atoms with van der Waals surface area (Å²) in [5, 5.41) is 0. The van der Waals surface area contributed by atoms with Gasteiger partial charge in [0.05, 0.1) is 0 Å². The van der Waals surface area contributed by atoms with E-state index in [0.29, 0.717) is 24.0 Å². The van der Waals surface area contributed by atoms with E-state index in [0.717, 1.165) is 19.3 Å². The second-order valence-electron chi connectivity index (χ2n) is 5.96. The van der Waals surface area contributed by atoms with E-state index >= 15 is 0 Å². The first kappa shape index (κ1) is 15.7. The summed E-state index contributed by atoms with van der Waals surface area (Å²) in [5.74, 6) is 1.08. The van der Waals surface area contributed by atoms with Crippen LogP contribution in [-0.4, -0.2) is 18.5 Å². The van der Waals surface area contributed by atoms with Gasteiger partial charge in [-0.1, -0.05) is 46.5 Å². The van der Waals surface area contributed by atoms with Crippen LogP contribution in [0.2, 0.25) is 0 Å². The van der Waals surface area contributed by atoms with Gasteiger partial charge >= 0.3 is 0 Å². The standard InChI is InChI=1S/C16H30O2/c1-5-6-7-8-12-15(17)16(18-4)13(2)10-9-11-14(16)3/h13-14H,5-12H2,1-4H3. The van der Waals surface area contributed by atoms with Gasteiger partial charge in [-0.15, -0.1) is 0 Å². The maximum atomic E-state index is 12.6. The largest absolute Gasteiger partial charge is 0.370 e. The van der Waals surface area contributed by atoms with Crippen molar-refractivity contribution in [3.8, 4) is 0 Å². The first-order valence-corrected chi connectivity index (χ1v) is 7.68. The van der Waals surface area contributed by atoms with E-state index < -0.39 is 5.60 Å². The summed E-state index contributed by atoms with van der Waals surface area (Å²) in [6.07, 6.45) is 8.83. The lowest BCUT2D eigenvalue weighted by Crippen LogP contribution is -2.53. The minimum Gasteiger partial charge on any atom is -0.370 e. The lowest BCUT2D eigenvalue weighted by Gasteiger charge is -2.45. The third-order valence-corrected chi connectivity index (χ3v) is 4.77. The molecule has 1 aliphatic carbocycles. The summed E-state index contributed by atoms with van der Waals surface area (Å²) >= 11 is 0. The lowest BCUT2D eigenvalue weighted by atomic mass is 9.66. The average molecular weight is 254 g/mol. The Bertz CT molecular complexity index is 250. The zero-order chi connectivity index (χ0) is 13.6. The first-order valence-electron chi connectivity index (χ1n) is 7.68. The molecule has 0 radical (unpaired) electrons. The molecule has 106 valence electrons. The van der Waals surface area contributed by atoms with E-state index in [2.05, 4.69) is 20.8 Å². The molecule has 1 saturated carbocycles.